The highest BCUT2D eigenvalue weighted by molar-refractivity contribution is 6.31. The van der Waals surface area contributed by atoms with Crippen LogP contribution in [-0.4, -0.2) is 56.2 Å². The first-order chi connectivity index (χ1) is 14.0. The van der Waals surface area contributed by atoms with Crippen molar-refractivity contribution in [1.29, 1.82) is 0 Å². The first kappa shape index (κ1) is 21.2. The van der Waals surface area contributed by atoms with Crippen LogP contribution in [0.1, 0.15) is 15.9 Å². The number of hydrogen-bond donors (Lipinski definition) is 2. The Labute approximate surface area is 174 Å². The standard InChI is InChI=1S/C21H24ClFN4O2/c1-15-2-4-16(5-3-15)20(28)26-21(24-8-9-27-10-12-29-13-11-27)25-17-6-7-19(23)18(22)14-17/h2-7,14H,8-13H2,1H3,(H2,24,25,26,28). The van der Waals surface area contributed by atoms with Crippen LogP contribution < -0.4 is 10.6 Å². The number of hydrogen-bond acceptors (Lipinski definition) is 4. The summed E-state index contributed by atoms with van der Waals surface area (Å²) in [7, 11) is 0. The highest BCUT2D eigenvalue weighted by Gasteiger charge is 2.12. The SMILES string of the molecule is Cc1ccc(C(=O)NC(=NCCN2CCOCC2)Nc2ccc(F)c(Cl)c2)cc1. The molecule has 0 bridgehead atoms. The molecule has 1 aliphatic rings. The molecular weight excluding hydrogens is 395 g/mol. The summed E-state index contributed by atoms with van der Waals surface area (Å²) in [5.74, 6) is -0.506. The maximum atomic E-state index is 13.4. The van der Waals surface area contributed by atoms with Crippen molar-refractivity contribution >= 4 is 29.2 Å². The number of aryl methyl sites for hydroxylation is 1. The Morgan fingerprint density at radius 3 is 2.62 bits per heavy atom. The summed E-state index contributed by atoms with van der Waals surface area (Å²) in [6, 6.07) is 11.5. The topological polar surface area (TPSA) is 66.0 Å². The number of rotatable bonds is 5. The third-order valence-electron chi connectivity index (χ3n) is 4.52. The number of benzene rings is 2. The number of carbonyl (C=O) groups is 1. The van der Waals surface area contributed by atoms with Gasteiger partial charge in [-0.25, -0.2) is 4.39 Å². The normalized spacial score (nSPS) is 15.2. The molecule has 3 rings (SSSR count). The van der Waals surface area contributed by atoms with Gasteiger partial charge in [0, 0.05) is 30.9 Å². The average Bonchev–Trinajstić information content (AvgIpc) is 2.72. The minimum absolute atomic E-state index is 0.00692. The van der Waals surface area contributed by atoms with Gasteiger partial charge in [-0.1, -0.05) is 29.3 Å². The fourth-order valence-electron chi connectivity index (χ4n) is 2.83. The maximum Gasteiger partial charge on any atom is 0.257 e. The molecule has 0 aliphatic carbocycles. The number of nitrogens with zero attached hydrogens (tertiary/aromatic N) is 2. The van der Waals surface area contributed by atoms with Crippen LogP contribution >= 0.6 is 11.6 Å². The molecule has 2 aromatic rings. The van der Waals surface area contributed by atoms with Gasteiger partial charge in [0.05, 0.1) is 24.8 Å². The predicted molar refractivity (Wildman–Crippen MR) is 113 cm³/mol. The highest BCUT2D eigenvalue weighted by atomic mass is 35.5. The molecule has 0 saturated carbocycles. The Morgan fingerprint density at radius 1 is 1.21 bits per heavy atom. The van der Waals surface area contributed by atoms with E-state index in [0.29, 0.717) is 31.0 Å². The number of morpholine rings is 1. The molecule has 154 valence electrons. The van der Waals surface area contributed by atoms with Gasteiger partial charge in [-0.15, -0.1) is 0 Å². The Hall–Kier alpha value is -2.48. The van der Waals surface area contributed by atoms with Crippen LogP contribution in [0.2, 0.25) is 5.02 Å². The number of nitrogens with one attached hydrogen (secondary N) is 2. The third-order valence-corrected chi connectivity index (χ3v) is 4.81. The van der Waals surface area contributed by atoms with Crippen LogP contribution in [0.5, 0.6) is 0 Å². The molecule has 29 heavy (non-hydrogen) atoms. The van der Waals surface area contributed by atoms with Crippen LogP contribution in [0.4, 0.5) is 10.1 Å². The molecule has 6 nitrogen and oxygen atoms in total. The van der Waals surface area contributed by atoms with E-state index in [4.69, 9.17) is 16.3 Å². The van der Waals surface area contributed by atoms with Gasteiger partial charge in [0.25, 0.3) is 5.91 Å². The summed E-state index contributed by atoms with van der Waals surface area (Å²) >= 11 is 5.86. The van der Waals surface area contributed by atoms with Gasteiger partial charge in [0.2, 0.25) is 5.96 Å². The Kier molecular flexibility index (Phi) is 7.57. The van der Waals surface area contributed by atoms with Crippen LogP contribution in [0.15, 0.2) is 47.5 Å². The second kappa shape index (κ2) is 10.3. The minimum atomic E-state index is -0.508. The number of carbonyl (C=O) groups excluding carboxylic acids is 1. The molecule has 1 fully saturated rings. The number of amides is 1. The van der Waals surface area contributed by atoms with E-state index in [0.717, 1.165) is 25.2 Å². The highest BCUT2D eigenvalue weighted by Crippen LogP contribution is 2.19. The van der Waals surface area contributed by atoms with Crippen LogP contribution in [0.25, 0.3) is 0 Å². The molecule has 0 aromatic heterocycles. The molecule has 0 spiro atoms. The van der Waals surface area contributed by atoms with Crippen molar-refractivity contribution in [1.82, 2.24) is 10.2 Å². The molecule has 1 saturated heterocycles. The first-order valence-electron chi connectivity index (χ1n) is 9.46. The van der Waals surface area contributed by atoms with Gasteiger partial charge in [-0.3, -0.25) is 20.0 Å². The zero-order valence-corrected chi connectivity index (χ0v) is 17.0. The fraction of sp³-hybridized carbons (Fsp3) is 0.333. The Balaban J connectivity index is 1.70. The largest absolute Gasteiger partial charge is 0.379 e. The molecule has 8 heteroatoms. The minimum Gasteiger partial charge on any atom is -0.379 e. The summed E-state index contributed by atoms with van der Waals surface area (Å²) in [5.41, 5.74) is 2.13. The van der Waals surface area contributed by atoms with Crippen molar-refractivity contribution in [2.75, 3.05) is 44.7 Å². The molecule has 2 N–H and O–H groups in total. The lowest BCUT2D eigenvalue weighted by Crippen LogP contribution is -2.39. The summed E-state index contributed by atoms with van der Waals surface area (Å²) in [4.78, 5) is 19.4. The third kappa shape index (κ3) is 6.52. The second-order valence-corrected chi connectivity index (χ2v) is 7.17. The van der Waals surface area contributed by atoms with Crippen molar-refractivity contribution in [3.8, 4) is 0 Å². The predicted octanol–water partition coefficient (Wildman–Crippen LogP) is 3.32. The van der Waals surface area contributed by atoms with Crippen molar-refractivity contribution in [2.24, 2.45) is 4.99 Å². The van der Waals surface area contributed by atoms with Crippen molar-refractivity contribution in [2.45, 2.75) is 6.92 Å². The Morgan fingerprint density at radius 2 is 1.93 bits per heavy atom. The van der Waals surface area contributed by atoms with Crippen molar-refractivity contribution in [3.05, 3.63) is 64.4 Å². The zero-order chi connectivity index (χ0) is 20.6. The number of aliphatic imine (C=N–C) groups is 1. The van der Waals surface area contributed by atoms with Gasteiger partial charge in [0.1, 0.15) is 5.82 Å². The van der Waals surface area contributed by atoms with E-state index in [9.17, 15) is 9.18 Å². The molecule has 1 heterocycles. The van der Waals surface area contributed by atoms with E-state index < -0.39 is 5.82 Å². The first-order valence-corrected chi connectivity index (χ1v) is 9.84. The number of anilines is 1. The van der Waals surface area contributed by atoms with Gasteiger partial charge < -0.3 is 10.1 Å². The number of guanidine groups is 1. The monoisotopic (exact) mass is 418 g/mol. The van der Waals surface area contributed by atoms with Gasteiger partial charge in [0.15, 0.2) is 0 Å². The molecule has 0 atom stereocenters. The van der Waals surface area contributed by atoms with E-state index in [2.05, 4.69) is 20.5 Å². The van der Waals surface area contributed by atoms with Gasteiger partial charge in [-0.05, 0) is 37.3 Å². The Bertz CT molecular complexity index is 867. The fourth-order valence-corrected chi connectivity index (χ4v) is 3.01. The molecule has 2 aromatic carbocycles. The van der Waals surface area contributed by atoms with Crippen LogP contribution in [0, 0.1) is 12.7 Å². The zero-order valence-electron chi connectivity index (χ0n) is 16.3. The second-order valence-electron chi connectivity index (χ2n) is 6.76. The smallest absolute Gasteiger partial charge is 0.257 e. The molecular formula is C21H24ClFN4O2. The average molecular weight is 419 g/mol. The van der Waals surface area contributed by atoms with Crippen molar-refractivity contribution < 1.29 is 13.9 Å². The van der Waals surface area contributed by atoms with Crippen LogP contribution in [0.3, 0.4) is 0 Å². The van der Waals surface area contributed by atoms with Crippen LogP contribution in [-0.2, 0) is 4.74 Å². The number of ether oxygens (including phenoxy) is 1. The quantitative estimate of drug-likeness (QED) is 0.577. The molecule has 0 unspecified atom stereocenters. The van der Waals surface area contributed by atoms with Crippen molar-refractivity contribution in [3.63, 3.8) is 0 Å². The maximum absolute atomic E-state index is 13.4. The summed E-state index contributed by atoms with van der Waals surface area (Å²) in [6.45, 7) is 6.36. The van der Waals surface area contributed by atoms with Gasteiger partial charge >= 0.3 is 0 Å². The number of halogens is 2. The molecule has 1 amide bonds. The van der Waals surface area contributed by atoms with E-state index in [1.165, 1.54) is 18.2 Å². The van der Waals surface area contributed by atoms with E-state index in [1.807, 2.05) is 19.1 Å². The lowest BCUT2D eigenvalue weighted by atomic mass is 10.1. The van der Waals surface area contributed by atoms with E-state index in [-0.39, 0.29) is 16.9 Å². The lowest BCUT2D eigenvalue weighted by molar-refractivity contribution is 0.0394. The lowest BCUT2D eigenvalue weighted by Gasteiger charge is -2.25. The summed E-state index contributed by atoms with van der Waals surface area (Å²) < 4.78 is 18.8. The van der Waals surface area contributed by atoms with E-state index in [1.54, 1.807) is 12.1 Å². The summed E-state index contributed by atoms with van der Waals surface area (Å²) in [5, 5.41) is 5.81. The van der Waals surface area contributed by atoms with E-state index >= 15 is 0 Å². The molecule has 1 aliphatic heterocycles. The summed E-state index contributed by atoms with van der Waals surface area (Å²) in [6.07, 6.45) is 0. The molecule has 0 radical (unpaired) electrons. The van der Waals surface area contributed by atoms with Gasteiger partial charge in [-0.2, -0.15) is 0 Å².